The van der Waals surface area contributed by atoms with Crippen LogP contribution in [0, 0.1) is 17.0 Å². The second kappa shape index (κ2) is 6.92. The number of rotatable bonds is 4. The quantitative estimate of drug-likeness (QED) is 0.432. The third-order valence-corrected chi connectivity index (χ3v) is 4.36. The van der Waals surface area contributed by atoms with E-state index in [1.807, 2.05) is 41.8 Å². The number of nitrogens with zero attached hydrogens (tertiary/aromatic N) is 4. The number of carbonyl (C=O) groups is 1. The zero-order chi connectivity index (χ0) is 19.7. The largest absolute Gasteiger partial charge is 0.322 e. The van der Waals surface area contributed by atoms with Gasteiger partial charge in [0, 0.05) is 47.0 Å². The highest BCUT2D eigenvalue weighted by Crippen LogP contribution is 2.26. The van der Waals surface area contributed by atoms with Crippen LogP contribution in [0.1, 0.15) is 16.1 Å². The molecule has 0 radical (unpaired) electrons. The lowest BCUT2D eigenvalue weighted by atomic mass is 10.1. The molecular weight excluding hydrogens is 358 g/mol. The molecule has 0 saturated carbocycles. The van der Waals surface area contributed by atoms with Crippen molar-refractivity contribution in [3.05, 3.63) is 88.4 Å². The van der Waals surface area contributed by atoms with Gasteiger partial charge in [0.15, 0.2) is 0 Å². The van der Waals surface area contributed by atoms with E-state index < -0.39 is 10.8 Å². The summed E-state index contributed by atoms with van der Waals surface area (Å²) in [6, 6.07) is 14.7. The molecule has 4 rings (SSSR count). The number of carbonyl (C=O) groups excluding carboxylic acids is 1. The number of nitrogens with one attached hydrogen (secondary N) is 1. The van der Waals surface area contributed by atoms with E-state index >= 15 is 0 Å². The summed E-state index contributed by atoms with van der Waals surface area (Å²) in [6.07, 6.45) is 3.57. The Morgan fingerprint density at radius 3 is 2.75 bits per heavy atom. The van der Waals surface area contributed by atoms with Gasteiger partial charge in [0.2, 0.25) is 5.78 Å². The van der Waals surface area contributed by atoms with Crippen molar-refractivity contribution in [1.29, 1.82) is 0 Å². The number of benzene rings is 2. The van der Waals surface area contributed by atoms with E-state index in [-0.39, 0.29) is 11.3 Å². The third-order valence-electron chi connectivity index (χ3n) is 4.36. The lowest BCUT2D eigenvalue weighted by Crippen LogP contribution is -2.12. The molecule has 0 aliphatic rings. The maximum atomic E-state index is 12.5. The van der Waals surface area contributed by atoms with E-state index in [0.29, 0.717) is 11.5 Å². The van der Waals surface area contributed by atoms with Gasteiger partial charge in [0.1, 0.15) is 0 Å². The van der Waals surface area contributed by atoms with E-state index in [0.717, 1.165) is 17.0 Å². The summed E-state index contributed by atoms with van der Waals surface area (Å²) in [5.74, 6) is 0.176. The summed E-state index contributed by atoms with van der Waals surface area (Å²) >= 11 is 0. The number of hydrogen-bond acceptors (Lipinski definition) is 5. The van der Waals surface area contributed by atoms with Crippen LogP contribution in [0.3, 0.4) is 0 Å². The van der Waals surface area contributed by atoms with Gasteiger partial charge >= 0.3 is 0 Å². The second-order valence-corrected chi connectivity index (χ2v) is 6.18. The van der Waals surface area contributed by atoms with Gasteiger partial charge in [-0.15, -0.1) is 0 Å². The number of nitro benzene ring substituents is 1. The van der Waals surface area contributed by atoms with E-state index in [2.05, 4.69) is 15.3 Å². The number of aromatic nitrogens is 3. The lowest BCUT2D eigenvalue weighted by Gasteiger charge is -2.07. The lowest BCUT2D eigenvalue weighted by molar-refractivity contribution is -0.384. The summed E-state index contributed by atoms with van der Waals surface area (Å²) in [6.45, 7) is 1.95. The Morgan fingerprint density at radius 1 is 1.14 bits per heavy atom. The predicted molar refractivity (Wildman–Crippen MR) is 104 cm³/mol. The zero-order valence-corrected chi connectivity index (χ0v) is 14.9. The van der Waals surface area contributed by atoms with Gasteiger partial charge in [0.25, 0.3) is 11.6 Å². The van der Waals surface area contributed by atoms with Gasteiger partial charge in [-0.25, -0.2) is 9.97 Å². The number of non-ortho nitro benzene ring substituents is 1. The van der Waals surface area contributed by atoms with Gasteiger partial charge in [-0.2, -0.15) is 0 Å². The number of aryl methyl sites for hydroxylation is 1. The van der Waals surface area contributed by atoms with Crippen molar-refractivity contribution >= 4 is 23.1 Å². The van der Waals surface area contributed by atoms with Crippen LogP contribution >= 0.6 is 0 Å². The van der Waals surface area contributed by atoms with Crippen molar-refractivity contribution < 1.29 is 9.72 Å². The fraction of sp³-hybridized carbons (Fsp3) is 0.0500. The first kappa shape index (κ1) is 17.3. The monoisotopic (exact) mass is 373 g/mol. The molecule has 2 aromatic carbocycles. The van der Waals surface area contributed by atoms with Gasteiger partial charge in [-0.05, 0) is 31.2 Å². The highest BCUT2D eigenvalue weighted by molar-refractivity contribution is 6.04. The summed E-state index contributed by atoms with van der Waals surface area (Å²) in [4.78, 5) is 31.7. The molecule has 8 heteroatoms. The molecule has 0 saturated heterocycles. The third kappa shape index (κ3) is 3.18. The number of anilines is 1. The Labute approximate surface area is 159 Å². The fourth-order valence-electron chi connectivity index (χ4n) is 2.98. The summed E-state index contributed by atoms with van der Waals surface area (Å²) in [5.41, 5.74) is 3.19. The first-order valence-corrected chi connectivity index (χ1v) is 8.49. The number of fused-ring (bicyclic) bond motifs is 1. The SMILES string of the molecule is Cc1c(-c2cccc(NC(=O)c3cccc([N+](=O)[O-])c3)c2)nc2ncccn12. The van der Waals surface area contributed by atoms with Crippen LogP contribution in [0.25, 0.3) is 17.0 Å². The number of nitro groups is 1. The van der Waals surface area contributed by atoms with Crippen LogP contribution in [0.15, 0.2) is 67.0 Å². The van der Waals surface area contributed by atoms with Crippen molar-refractivity contribution in [3.63, 3.8) is 0 Å². The van der Waals surface area contributed by atoms with Crippen LogP contribution in [0.5, 0.6) is 0 Å². The maximum absolute atomic E-state index is 12.5. The molecule has 0 unspecified atom stereocenters. The normalized spacial score (nSPS) is 10.8. The van der Waals surface area contributed by atoms with Crippen molar-refractivity contribution in [2.45, 2.75) is 6.92 Å². The predicted octanol–water partition coefficient (Wildman–Crippen LogP) is 3.87. The minimum absolute atomic E-state index is 0.130. The molecule has 2 aromatic heterocycles. The molecule has 1 amide bonds. The van der Waals surface area contributed by atoms with Crippen molar-refractivity contribution in [1.82, 2.24) is 14.4 Å². The van der Waals surface area contributed by atoms with Crippen LogP contribution in [-0.2, 0) is 0 Å². The Hall–Kier alpha value is -4.07. The van der Waals surface area contributed by atoms with E-state index in [1.54, 1.807) is 12.3 Å². The van der Waals surface area contributed by atoms with Crippen LogP contribution < -0.4 is 5.32 Å². The van der Waals surface area contributed by atoms with Crippen molar-refractivity contribution in [2.75, 3.05) is 5.32 Å². The average Bonchev–Trinajstić information content (AvgIpc) is 3.05. The fourth-order valence-corrected chi connectivity index (χ4v) is 2.98. The topological polar surface area (TPSA) is 102 Å². The highest BCUT2D eigenvalue weighted by atomic mass is 16.6. The molecule has 8 nitrogen and oxygen atoms in total. The molecule has 1 N–H and O–H groups in total. The molecule has 0 bridgehead atoms. The number of imidazole rings is 1. The molecule has 0 aliphatic carbocycles. The van der Waals surface area contributed by atoms with Gasteiger partial charge < -0.3 is 5.32 Å². The zero-order valence-electron chi connectivity index (χ0n) is 14.9. The minimum atomic E-state index is -0.530. The number of hydrogen-bond donors (Lipinski definition) is 1. The highest BCUT2D eigenvalue weighted by Gasteiger charge is 2.14. The summed E-state index contributed by atoms with van der Waals surface area (Å²) in [7, 11) is 0. The molecule has 0 spiro atoms. The Balaban J connectivity index is 1.64. The first-order valence-electron chi connectivity index (χ1n) is 8.49. The summed E-state index contributed by atoms with van der Waals surface area (Å²) < 4.78 is 1.89. The maximum Gasteiger partial charge on any atom is 0.270 e. The van der Waals surface area contributed by atoms with Crippen molar-refractivity contribution in [2.24, 2.45) is 0 Å². The molecule has 4 aromatic rings. The average molecular weight is 373 g/mol. The van der Waals surface area contributed by atoms with E-state index in [1.165, 1.54) is 24.3 Å². The minimum Gasteiger partial charge on any atom is -0.322 e. The van der Waals surface area contributed by atoms with E-state index in [4.69, 9.17) is 0 Å². The molecule has 0 atom stereocenters. The van der Waals surface area contributed by atoms with E-state index in [9.17, 15) is 14.9 Å². The Kier molecular flexibility index (Phi) is 4.29. The molecule has 0 aliphatic heterocycles. The molecule has 2 heterocycles. The van der Waals surface area contributed by atoms with Crippen LogP contribution in [-0.4, -0.2) is 25.2 Å². The van der Waals surface area contributed by atoms with Crippen LogP contribution in [0.2, 0.25) is 0 Å². The van der Waals surface area contributed by atoms with Gasteiger partial charge in [-0.1, -0.05) is 18.2 Å². The van der Waals surface area contributed by atoms with Crippen molar-refractivity contribution in [3.8, 4) is 11.3 Å². The molecule has 28 heavy (non-hydrogen) atoms. The Morgan fingerprint density at radius 2 is 1.96 bits per heavy atom. The second-order valence-electron chi connectivity index (χ2n) is 6.18. The molecule has 0 fully saturated rings. The Bertz CT molecular complexity index is 1220. The van der Waals surface area contributed by atoms with Crippen LogP contribution in [0.4, 0.5) is 11.4 Å². The summed E-state index contributed by atoms with van der Waals surface area (Å²) in [5, 5.41) is 13.7. The first-order chi connectivity index (χ1) is 13.5. The van der Waals surface area contributed by atoms with Gasteiger partial charge in [0.05, 0.1) is 10.6 Å². The number of amides is 1. The standard InChI is InChI=1S/C20H15N5O3/c1-13-18(23-20-21-9-4-10-24(13)20)14-5-2-7-16(11-14)22-19(26)15-6-3-8-17(12-15)25(27)28/h2-12H,1H3,(H,22,26). The molecule has 138 valence electrons. The van der Waals surface area contributed by atoms with Gasteiger partial charge in [-0.3, -0.25) is 19.3 Å². The smallest absolute Gasteiger partial charge is 0.270 e. The molecular formula is C20H15N5O3.